The summed E-state index contributed by atoms with van der Waals surface area (Å²) in [6.07, 6.45) is 2.34. The highest BCUT2D eigenvalue weighted by Gasteiger charge is 2.22. The van der Waals surface area contributed by atoms with E-state index >= 15 is 0 Å². The van der Waals surface area contributed by atoms with Crippen molar-refractivity contribution in [1.82, 2.24) is 10.2 Å². The van der Waals surface area contributed by atoms with Crippen molar-refractivity contribution in [2.24, 2.45) is 0 Å². The van der Waals surface area contributed by atoms with Crippen LogP contribution in [0.2, 0.25) is 0 Å². The molecule has 0 saturated carbocycles. The first-order valence-corrected chi connectivity index (χ1v) is 5.48. The third-order valence-corrected chi connectivity index (χ3v) is 3.01. The van der Waals surface area contributed by atoms with Crippen molar-refractivity contribution in [2.75, 3.05) is 18.0 Å². The van der Waals surface area contributed by atoms with E-state index in [1.54, 1.807) is 6.20 Å². The summed E-state index contributed by atoms with van der Waals surface area (Å²) in [5.41, 5.74) is 0. The maximum atomic E-state index is 9.54. The molecule has 4 heteroatoms. The maximum Gasteiger partial charge on any atom is 0.159 e. The standard InChI is InChI=1S/C12H13N3O/c16-10-5-6-15(8-10)12-11-4-2-1-3-9(11)7-13-14-12/h1-4,7,10,16H,5-6,8H2/t10-/m1/s1. The van der Waals surface area contributed by atoms with Gasteiger partial charge in [-0.25, -0.2) is 0 Å². The molecule has 0 aliphatic carbocycles. The predicted molar refractivity (Wildman–Crippen MR) is 62.4 cm³/mol. The predicted octanol–water partition coefficient (Wildman–Crippen LogP) is 1.20. The van der Waals surface area contributed by atoms with Crippen LogP contribution in [-0.4, -0.2) is 34.5 Å². The van der Waals surface area contributed by atoms with Crippen molar-refractivity contribution in [3.63, 3.8) is 0 Å². The molecular weight excluding hydrogens is 202 g/mol. The Morgan fingerprint density at radius 2 is 2.19 bits per heavy atom. The van der Waals surface area contributed by atoms with Crippen LogP contribution in [0.25, 0.3) is 10.8 Å². The molecule has 0 amide bonds. The third-order valence-electron chi connectivity index (χ3n) is 3.01. The second-order valence-corrected chi connectivity index (χ2v) is 4.14. The summed E-state index contributed by atoms with van der Waals surface area (Å²) in [6, 6.07) is 8.07. The second-order valence-electron chi connectivity index (χ2n) is 4.14. The Kier molecular flexibility index (Phi) is 2.22. The molecule has 1 aliphatic rings. The van der Waals surface area contributed by atoms with E-state index in [1.165, 1.54) is 0 Å². The van der Waals surface area contributed by atoms with Crippen LogP contribution in [0.1, 0.15) is 6.42 Å². The van der Waals surface area contributed by atoms with Crippen LogP contribution in [0, 0.1) is 0 Å². The minimum absolute atomic E-state index is 0.235. The highest BCUT2D eigenvalue weighted by molar-refractivity contribution is 5.91. The fourth-order valence-electron chi connectivity index (χ4n) is 2.18. The lowest BCUT2D eigenvalue weighted by atomic mass is 10.2. The van der Waals surface area contributed by atoms with Gasteiger partial charge in [0.05, 0.1) is 12.3 Å². The average molecular weight is 215 g/mol. The highest BCUT2D eigenvalue weighted by atomic mass is 16.3. The number of rotatable bonds is 1. The molecule has 0 radical (unpaired) electrons. The first-order chi connectivity index (χ1) is 7.84. The van der Waals surface area contributed by atoms with Crippen LogP contribution in [0.3, 0.4) is 0 Å². The van der Waals surface area contributed by atoms with Gasteiger partial charge in [0.15, 0.2) is 5.82 Å². The van der Waals surface area contributed by atoms with Crippen molar-refractivity contribution < 1.29 is 5.11 Å². The van der Waals surface area contributed by atoms with Crippen molar-refractivity contribution in [3.05, 3.63) is 30.5 Å². The lowest BCUT2D eigenvalue weighted by Crippen LogP contribution is -2.22. The van der Waals surface area contributed by atoms with Crippen molar-refractivity contribution in [3.8, 4) is 0 Å². The fourth-order valence-corrected chi connectivity index (χ4v) is 2.18. The van der Waals surface area contributed by atoms with Gasteiger partial charge in [-0.2, -0.15) is 5.10 Å². The minimum Gasteiger partial charge on any atom is -0.391 e. The molecule has 2 heterocycles. The zero-order chi connectivity index (χ0) is 11.0. The molecule has 1 atom stereocenters. The lowest BCUT2D eigenvalue weighted by molar-refractivity contribution is 0.198. The van der Waals surface area contributed by atoms with Crippen LogP contribution >= 0.6 is 0 Å². The van der Waals surface area contributed by atoms with Crippen LogP contribution in [0.15, 0.2) is 30.5 Å². The Morgan fingerprint density at radius 3 is 3.00 bits per heavy atom. The summed E-state index contributed by atoms with van der Waals surface area (Å²) in [4.78, 5) is 2.10. The zero-order valence-electron chi connectivity index (χ0n) is 8.87. The van der Waals surface area contributed by atoms with Gasteiger partial charge in [-0.15, -0.1) is 5.10 Å². The molecule has 1 saturated heterocycles. The Morgan fingerprint density at radius 1 is 1.31 bits per heavy atom. The molecule has 16 heavy (non-hydrogen) atoms. The van der Waals surface area contributed by atoms with Gasteiger partial charge in [0.2, 0.25) is 0 Å². The number of hydrogen-bond donors (Lipinski definition) is 1. The topological polar surface area (TPSA) is 49.2 Å². The number of aromatic nitrogens is 2. The van der Waals surface area contributed by atoms with Gasteiger partial charge >= 0.3 is 0 Å². The van der Waals surface area contributed by atoms with Gasteiger partial charge in [0.25, 0.3) is 0 Å². The number of anilines is 1. The SMILES string of the molecule is O[C@@H]1CCN(c2nncc3ccccc23)C1. The van der Waals surface area contributed by atoms with E-state index < -0.39 is 0 Å². The summed E-state index contributed by atoms with van der Waals surface area (Å²) in [5, 5.41) is 19.9. The quantitative estimate of drug-likeness (QED) is 0.776. The minimum atomic E-state index is -0.235. The zero-order valence-corrected chi connectivity index (χ0v) is 8.87. The van der Waals surface area contributed by atoms with Crippen LogP contribution < -0.4 is 4.90 Å². The van der Waals surface area contributed by atoms with E-state index in [-0.39, 0.29) is 6.10 Å². The van der Waals surface area contributed by atoms with E-state index in [4.69, 9.17) is 0 Å². The van der Waals surface area contributed by atoms with Gasteiger partial charge < -0.3 is 10.0 Å². The van der Waals surface area contributed by atoms with Gasteiger partial charge in [0.1, 0.15) is 0 Å². The smallest absolute Gasteiger partial charge is 0.159 e. The molecule has 1 aromatic carbocycles. The first-order valence-electron chi connectivity index (χ1n) is 5.48. The van der Waals surface area contributed by atoms with Gasteiger partial charge in [0, 0.05) is 23.9 Å². The van der Waals surface area contributed by atoms with Crippen LogP contribution in [0.5, 0.6) is 0 Å². The molecule has 3 rings (SSSR count). The first kappa shape index (κ1) is 9.54. The van der Waals surface area contributed by atoms with E-state index in [1.807, 2.05) is 24.3 Å². The number of β-amino-alcohol motifs (C(OH)–C–C–N with tert-alkyl or cyclic N) is 1. The van der Waals surface area contributed by atoms with Crippen molar-refractivity contribution in [2.45, 2.75) is 12.5 Å². The number of fused-ring (bicyclic) bond motifs is 1. The van der Waals surface area contributed by atoms with E-state index in [0.29, 0.717) is 6.54 Å². The largest absolute Gasteiger partial charge is 0.391 e. The number of nitrogens with zero attached hydrogens (tertiary/aromatic N) is 3. The number of aliphatic hydroxyl groups excluding tert-OH is 1. The molecule has 1 aliphatic heterocycles. The summed E-state index contributed by atoms with van der Waals surface area (Å²) < 4.78 is 0. The van der Waals surface area contributed by atoms with Crippen LogP contribution in [-0.2, 0) is 0 Å². The van der Waals surface area contributed by atoms with Crippen molar-refractivity contribution >= 4 is 16.6 Å². The highest BCUT2D eigenvalue weighted by Crippen LogP contribution is 2.25. The van der Waals surface area contributed by atoms with Crippen LogP contribution in [0.4, 0.5) is 5.82 Å². The number of benzene rings is 1. The Bertz CT molecular complexity index is 509. The summed E-state index contributed by atoms with van der Waals surface area (Å²) in [5.74, 6) is 0.884. The van der Waals surface area contributed by atoms with Crippen molar-refractivity contribution in [1.29, 1.82) is 0 Å². The summed E-state index contributed by atoms with van der Waals surface area (Å²) >= 11 is 0. The van der Waals surface area contributed by atoms with Gasteiger partial charge in [-0.05, 0) is 6.42 Å². The molecule has 0 bridgehead atoms. The third kappa shape index (κ3) is 1.51. The van der Waals surface area contributed by atoms with Gasteiger partial charge in [-0.3, -0.25) is 0 Å². The fraction of sp³-hybridized carbons (Fsp3) is 0.333. The Hall–Kier alpha value is -1.68. The van der Waals surface area contributed by atoms with E-state index in [2.05, 4.69) is 15.1 Å². The molecule has 4 nitrogen and oxygen atoms in total. The lowest BCUT2D eigenvalue weighted by Gasteiger charge is -2.17. The monoisotopic (exact) mass is 215 g/mol. The van der Waals surface area contributed by atoms with E-state index in [0.717, 1.165) is 29.6 Å². The molecule has 82 valence electrons. The average Bonchev–Trinajstić information content (AvgIpc) is 2.75. The Balaban J connectivity index is 2.09. The molecule has 1 N–H and O–H groups in total. The van der Waals surface area contributed by atoms with E-state index in [9.17, 15) is 5.11 Å². The Labute approximate surface area is 93.5 Å². The molecule has 1 fully saturated rings. The molecular formula is C12H13N3O. The normalized spacial score (nSPS) is 20.6. The van der Waals surface area contributed by atoms with Gasteiger partial charge in [-0.1, -0.05) is 24.3 Å². The maximum absolute atomic E-state index is 9.54. The summed E-state index contributed by atoms with van der Waals surface area (Å²) in [6.45, 7) is 1.51. The molecule has 2 aromatic rings. The number of hydrogen-bond acceptors (Lipinski definition) is 4. The molecule has 0 spiro atoms. The summed E-state index contributed by atoms with van der Waals surface area (Å²) in [7, 11) is 0. The molecule has 0 unspecified atom stereocenters. The number of aliphatic hydroxyl groups is 1. The molecule has 1 aromatic heterocycles. The second kappa shape index (κ2) is 3.72.